The molecule has 1 aromatic heterocycles. The molecule has 2 rings (SSSR count). The molecule has 1 aliphatic carbocycles. The molecule has 0 radical (unpaired) electrons. The number of halogens is 1. The molecule has 0 aromatic carbocycles. The van der Waals surface area contributed by atoms with Crippen LogP contribution < -0.4 is 10.1 Å². The van der Waals surface area contributed by atoms with Crippen LogP contribution in [0.3, 0.4) is 0 Å². The highest BCUT2D eigenvalue weighted by molar-refractivity contribution is 5.26. The molecule has 0 saturated heterocycles. The van der Waals surface area contributed by atoms with Crippen LogP contribution in [-0.4, -0.2) is 17.1 Å². The largest absolute Gasteiger partial charge is 0.477 e. The molecule has 0 spiro atoms. The molecular weight excluding hydrogens is 231 g/mol. The Morgan fingerprint density at radius 3 is 2.78 bits per heavy atom. The summed E-state index contributed by atoms with van der Waals surface area (Å²) in [6.45, 7) is 7.48. The second-order valence-electron chi connectivity index (χ2n) is 5.98. The third-order valence-corrected chi connectivity index (χ3v) is 2.85. The lowest BCUT2D eigenvalue weighted by atomic mass is 10.1. The van der Waals surface area contributed by atoms with Crippen molar-refractivity contribution in [2.45, 2.75) is 45.7 Å². The van der Waals surface area contributed by atoms with Gasteiger partial charge in [-0.05, 0) is 45.6 Å². The van der Waals surface area contributed by atoms with E-state index in [4.69, 9.17) is 4.74 Å². The monoisotopic (exact) mass is 252 g/mol. The zero-order valence-electron chi connectivity index (χ0n) is 11.3. The summed E-state index contributed by atoms with van der Waals surface area (Å²) in [5, 5.41) is 3.32. The van der Waals surface area contributed by atoms with Gasteiger partial charge < -0.3 is 10.1 Å². The van der Waals surface area contributed by atoms with Gasteiger partial charge in [-0.3, -0.25) is 0 Å². The average molecular weight is 252 g/mol. The Morgan fingerprint density at radius 1 is 1.44 bits per heavy atom. The van der Waals surface area contributed by atoms with Gasteiger partial charge in [-0.15, -0.1) is 0 Å². The summed E-state index contributed by atoms with van der Waals surface area (Å²) in [4.78, 5) is 4.04. The van der Waals surface area contributed by atoms with E-state index in [0.717, 1.165) is 5.56 Å². The van der Waals surface area contributed by atoms with Crippen molar-refractivity contribution in [2.24, 2.45) is 5.92 Å². The van der Waals surface area contributed by atoms with Crippen molar-refractivity contribution in [2.75, 3.05) is 6.61 Å². The smallest absolute Gasteiger partial charge is 0.218 e. The maximum atomic E-state index is 13.2. The van der Waals surface area contributed by atoms with Crippen molar-refractivity contribution in [1.29, 1.82) is 0 Å². The summed E-state index contributed by atoms with van der Waals surface area (Å²) in [6, 6.07) is 1.49. The fraction of sp³-hybridized carbons (Fsp3) is 0.643. The Morgan fingerprint density at radius 2 is 2.17 bits per heavy atom. The minimum atomic E-state index is -0.320. The Kier molecular flexibility index (Phi) is 3.85. The second kappa shape index (κ2) is 5.22. The minimum Gasteiger partial charge on any atom is -0.477 e. The van der Waals surface area contributed by atoms with Crippen molar-refractivity contribution in [1.82, 2.24) is 10.3 Å². The van der Waals surface area contributed by atoms with Crippen molar-refractivity contribution >= 4 is 0 Å². The van der Waals surface area contributed by atoms with Crippen molar-refractivity contribution in [3.05, 3.63) is 23.6 Å². The number of hydrogen-bond donors (Lipinski definition) is 1. The molecule has 1 fully saturated rings. The van der Waals surface area contributed by atoms with Crippen molar-refractivity contribution < 1.29 is 9.13 Å². The standard InChI is InChI=1S/C14H21FN2O/c1-14(2,3)17-7-11-6-12(15)8-16-13(11)18-9-10-4-5-10/h6,8,10,17H,4-5,7,9H2,1-3H3. The number of pyridine rings is 1. The fourth-order valence-corrected chi connectivity index (χ4v) is 1.57. The number of rotatable bonds is 5. The molecule has 4 heteroatoms. The van der Waals surface area contributed by atoms with E-state index in [1.807, 2.05) is 0 Å². The highest BCUT2D eigenvalue weighted by Crippen LogP contribution is 2.30. The van der Waals surface area contributed by atoms with Crippen LogP contribution in [0.25, 0.3) is 0 Å². The fourth-order valence-electron chi connectivity index (χ4n) is 1.57. The maximum Gasteiger partial charge on any atom is 0.218 e. The van der Waals surface area contributed by atoms with E-state index in [0.29, 0.717) is 24.9 Å². The first-order valence-corrected chi connectivity index (χ1v) is 6.46. The molecule has 18 heavy (non-hydrogen) atoms. The summed E-state index contributed by atoms with van der Waals surface area (Å²) < 4.78 is 18.9. The predicted octanol–water partition coefficient (Wildman–Crippen LogP) is 2.90. The van der Waals surface area contributed by atoms with Crippen LogP contribution in [0.4, 0.5) is 4.39 Å². The van der Waals surface area contributed by atoms with E-state index in [1.165, 1.54) is 25.1 Å². The molecule has 0 bridgehead atoms. The normalized spacial score (nSPS) is 15.8. The molecule has 0 atom stereocenters. The minimum absolute atomic E-state index is 0.0138. The van der Waals surface area contributed by atoms with Gasteiger partial charge in [0.05, 0.1) is 12.8 Å². The van der Waals surface area contributed by atoms with Gasteiger partial charge in [0.15, 0.2) is 0 Å². The van der Waals surface area contributed by atoms with Crippen LogP contribution >= 0.6 is 0 Å². The summed E-state index contributed by atoms with van der Waals surface area (Å²) in [6.07, 6.45) is 3.68. The first-order valence-electron chi connectivity index (χ1n) is 6.46. The molecule has 1 aromatic rings. The predicted molar refractivity (Wildman–Crippen MR) is 69.0 cm³/mol. The van der Waals surface area contributed by atoms with Gasteiger partial charge in [0.25, 0.3) is 0 Å². The summed E-state index contributed by atoms with van der Waals surface area (Å²) in [5.74, 6) is 0.903. The van der Waals surface area contributed by atoms with Gasteiger partial charge in [0.1, 0.15) is 5.82 Å². The summed E-state index contributed by atoms with van der Waals surface area (Å²) >= 11 is 0. The van der Waals surface area contributed by atoms with Crippen LogP contribution in [0, 0.1) is 11.7 Å². The van der Waals surface area contributed by atoms with Gasteiger partial charge in [-0.2, -0.15) is 0 Å². The Balaban J connectivity index is 2.02. The first kappa shape index (κ1) is 13.3. The van der Waals surface area contributed by atoms with Crippen LogP contribution in [0.1, 0.15) is 39.2 Å². The Hall–Kier alpha value is -1.16. The van der Waals surface area contributed by atoms with E-state index >= 15 is 0 Å². The lowest BCUT2D eigenvalue weighted by Gasteiger charge is -2.21. The molecule has 1 aliphatic rings. The molecule has 0 amide bonds. The topological polar surface area (TPSA) is 34.2 Å². The van der Waals surface area contributed by atoms with Crippen LogP contribution in [0.2, 0.25) is 0 Å². The maximum absolute atomic E-state index is 13.2. The summed E-state index contributed by atoms with van der Waals surface area (Å²) in [5.41, 5.74) is 0.769. The van der Waals surface area contributed by atoms with Gasteiger partial charge in [-0.25, -0.2) is 9.37 Å². The molecule has 3 nitrogen and oxygen atoms in total. The van der Waals surface area contributed by atoms with Crippen LogP contribution in [0.15, 0.2) is 12.3 Å². The summed E-state index contributed by atoms with van der Waals surface area (Å²) in [7, 11) is 0. The molecule has 100 valence electrons. The highest BCUT2D eigenvalue weighted by Gasteiger charge is 2.23. The molecular formula is C14H21FN2O. The van der Waals surface area contributed by atoms with Crippen LogP contribution in [-0.2, 0) is 6.54 Å². The van der Waals surface area contributed by atoms with Crippen LogP contribution in [0.5, 0.6) is 5.88 Å². The van der Waals surface area contributed by atoms with E-state index in [1.54, 1.807) is 0 Å². The number of nitrogens with zero attached hydrogens (tertiary/aromatic N) is 1. The molecule has 1 saturated carbocycles. The highest BCUT2D eigenvalue weighted by atomic mass is 19.1. The number of aromatic nitrogens is 1. The van der Waals surface area contributed by atoms with E-state index in [-0.39, 0.29) is 11.4 Å². The van der Waals surface area contributed by atoms with Gasteiger partial charge in [0.2, 0.25) is 5.88 Å². The lowest BCUT2D eigenvalue weighted by molar-refractivity contribution is 0.282. The van der Waals surface area contributed by atoms with Gasteiger partial charge >= 0.3 is 0 Å². The number of ether oxygens (including phenoxy) is 1. The Bertz CT molecular complexity index is 411. The average Bonchev–Trinajstić information content (AvgIpc) is 3.08. The molecule has 0 unspecified atom stereocenters. The zero-order valence-corrected chi connectivity index (χ0v) is 11.3. The van der Waals surface area contributed by atoms with Crippen molar-refractivity contribution in [3.8, 4) is 5.88 Å². The number of hydrogen-bond acceptors (Lipinski definition) is 3. The molecule has 1 N–H and O–H groups in total. The molecule has 1 heterocycles. The van der Waals surface area contributed by atoms with E-state index in [2.05, 4.69) is 31.1 Å². The quantitative estimate of drug-likeness (QED) is 0.875. The lowest BCUT2D eigenvalue weighted by Crippen LogP contribution is -2.35. The Labute approximate surface area is 108 Å². The van der Waals surface area contributed by atoms with Crippen molar-refractivity contribution in [3.63, 3.8) is 0 Å². The molecule has 0 aliphatic heterocycles. The second-order valence-corrected chi connectivity index (χ2v) is 5.98. The third-order valence-electron chi connectivity index (χ3n) is 2.85. The van der Waals surface area contributed by atoms with E-state index in [9.17, 15) is 4.39 Å². The van der Waals surface area contributed by atoms with E-state index < -0.39 is 0 Å². The zero-order chi connectivity index (χ0) is 13.2. The van der Waals surface area contributed by atoms with Gasteiger partial charge in [-0.1, -0.05) is 0 Å². The first-order chi connectivity index (χ1) is 8.44. The third kappa shape index (κ3) is 4.26. The van der Waals surface area contributed by atoms with Gasteiger partial charge in [0, 0.05) is 17.6 Å². The SMILES string of the molecule is CC(C)(C)NCc1cc(F)cnc1OCC1CC1. The number of nitrogens with one attached hydrogen (secondary N) is 1.